The molecule has 0 atom stereocenters. The van der Waals surface area contributed by atoms with Crippen molar-refractivity contribution in [2.45, 2.75) is 77.3 Å². The van der Waals surface area contributed by atoms with E-state index in [0.29, 0.717) is 0 Å². The molecule has 0 spiro atoms. The number of nitrogens with one attached hydrogen (secondary N) is 4. The largest absolute Gasteiger partial charge is 0.316 e. The lowest BCUT2D eigenvalue weighted by Crippen LogP contribution is -2.19. The van der Waals surface area contributed by atoms with Crippen LogP contribution in [0, 0.1) is 0 Å². The molecule has 0 aliphatic rings. The van der Waals surface area contributed by atoms with Crippen LogP contribution in [0.15, 0.2) is 36.4 Å². The molecular weight excluding hydrogens is 682 g/mol. The Morgan fingerprint density at radius 2 is 0.721 bits per heavy atom. The molecule has 0 aromatic heterocycles. The fraction of sp³-hybridized carbons (Fsp3) is 0.625. The van der Waals surface area contributed by atoms with Crippen LogP contribution in [0.4, 0.5) is 0 Å². The van der Waals surface area contributed by atoms with Gasteiger partial charge in [0.2, 0.25) is 0 Å². The van der Waals surface area contributed by atoms with Crippen LogP contribution in [0.1, 0.15) is 75.3 Å². The molecule has 2 rings (SSSR count). The van der Waals surface area contributed by atoms with Crippen LogP contribution in [-0.4, -0.2) is 50.8 Å². The molecule has 0 bridgehead atoms. The number of benzene rings is 2. The molecule has 4 N–H and O–H groups in total. The molecule has 2 aromatic carbocycles. The third-order valence-corrected chi connectivity index (χ3v) is 10.8. The summed E-state index contributed by atoms with van der Waals surface area (Å²) in [6.07, 6.45) is 12.6. The number of hydrogen-bond donors (Lipinski definition) is 4. The molecule has 0 fully saturated rings. The summed E-state index contributed by atoms with van der Waals surface area (Å²) >= 11 is 24.8. The number of unbranched alkanes of at least 4 members (excludes halogenated alkanes) is 8. The van der Waals surface area contributed by atoms with Gasteiger partial charge in [-0.05, 0) is 76.1 Å². The second-order valence-corrected chi connectivity index (χ2v) is 14.8. The minimum atomic E-state index is 0. The van der Waals surface area contributed by atoms with Gasteiger partial charge in [-0.25, -0.2) is 0 Å². The number of hydrogen-bond acceptors (Lipinski definition) is 6. The van der Waals surface area contributed by atoms with Gasteiger partial charge in [-0.1, -0.05) is 119 Å². The summed E-state index contributed by atoms with van der Waals surface area (Å²) in [6.45, 7) is 7.94. The first-order chi connectivity index (χ1) is 20.6. The summed E-state index contributed by atoms with van der Waals surface area (Å²) in [6, 6.07) is 11.3. The van der Waals surface area contributed by atoms with E-state index in [0.717, 1.165) is 83.6 Å². The molecular formula is C32H51Cl5N4S2. The first-order valence-electron chi connectivity index (χ1n) is 15.5. The molecule has 0 unspecified atom stereocenters. The SMILES string of the molecule is Cl.Clc1cccc(Cl)c1CNCCCCCCCNCCSSCCNCCCCCCCNCc1c(Cl)cccc1Cl. The highest BCUT2D eigenvalue weighted by Crippen LogP contribution is 2.25. The van der Waals surface area contributed by atoms with Crippen molar-refractivity contribution < 1.29 is 0 Å². The van der Waals surface area contributed by atoms with Crippen LogP contribution < -0.4 is 21.3 Å². The van der Waals surface area contributed by atoms with Gasteiger partial charge in [-0.3, -0.25) is 0 Å². The fourth-order valence-corrected chi connectivity index (χ4v) is 7.45. The molecule has 0 radical (unpaired) electrons. The quantitative estimate of drug-likeness (QED) is 0.0542. The molecule has 246 valence electrons. The highest BCUT2D eigenvalue weighted by Gasteiger charge is 2.05. The van der Waals surface area contributed by atoms with Crippen molar-refractivity contribution in [2.24, 2.45) is 0 Å². The van der Waals surface area contributed by atoms with Gasteiger partial charge in [0.25, 0.3) is 0 Å². The first kappa shape index (κ1) is 41.5. The zero-order chi connectivity index (χ0) is 30.1. The van der Waals surface area contributed by atoms with Crippen molar-refractivity contribution in [1.29, 1.82) is 0 Å². The second kappa shape index (κ2) is 28.6. The summed E-state index contributed by atoms with van der Waals surface area (Å²) in [4.78, 5) is 0. The minimum absolute atomic E-state index is 0. The standard InChI is InChI=1S/C32H50Cl4N4S2.ClH/c33-29-13-11-14-30(34)27(29)25-39-19-9-5-1-3-7-17-37-21-23-41-42-24-22-38-18-8-4-2-6-10-20-40-26-28-31(35)15-12-16-32(28)36;/h11-16,37-40H,1-10,17-26H2;1H. The molecule has 43 heavy (non-hydrogen) atoms. The van der Waals surface area contributed by atoms with Crippen molar-refractivity contribution in [1.82, 2.24) is 21.3 Å². The predicted molar refractivity (Wildman–Crippen MR) is 200 cm³/mol. The van der Waals surface area contributed by atoms with E-state index < -0.39 is 0 Å². The zero-order valence-electron chi connectivity index (χ0n) is 25.3. The van der Waals surface area contributed by atoms with Crippen molar-refractivity contribution in [2.75, 3.05) is 50.8 Å². The molecule has 0 amide bonds. The smallest absolute Gasteiger partial charge is 0.0465 e. The Hall–Kier alpha value is 0.430. The van der Waals surface area contributed by atoms with Crippen LogP contribution in [0.5, 0.6) is 0 Å². The van der Waals surface area contributed by atoms with Gasteiger partial charge < -0.3 is 21.3 Å². The predicted octanol–water partition coefficient (Wildman–Crippen LogP) is 10.1. The lowest BCUT2D eigenvalue weighted by molar-refractivity contribution is 0.561. The average molecular weight is 733 g/mol. The van der Waals surface area contributed by atoms with E-state index in [9.17, 15) is 0 Å². The zero-order valence-corrected chi connectivity index (χ0v) is 30.8. The highest BCUT2D eigenvalue weighted by atomic mass is 35.5. The summed E-state index contributed by atoms with van der Waals surface area (Å²) in [5.41, 5.74) is 1.99. The van der Waals surface area contributed by atoms with Crippen LogP contribution in [0.3, 0.4) is 0 Å². The maximum Gasteiger partial charge on any atom is 0.0465 e. The van der Waals surface area contributed by atoms with Crippen LogP contribution >= 0.6 is 80.4 Å². The van der Waals surface area contributed by atoms with E-state index in [1.54, 1.807) is 0 Å². The van der Waals surface area contributed by atoms with Crippen molar-refractivity contribution in [3.05, 3.63) is 67.6 Å². The topological polar surface area (TPSA) is 48.1 Å². The van der Waals surface area contributed by atoms with Gasteiger partial charge in [0.15, 0.2) is 0 Å². The maximum atomic E-state index is 6.21. The Bertz CT molecular complexity index is 842. The summed E-state index contributed by atoms with van der Waals surface area (Å²) < 4.78 is 0. The van der Waals surface area contributed by atoms with Gasteiger partial charge in [0.1, 0.15) is 0 Å². The van der Waals surface area contributed by atoms with E-state index in [-0.39, 0.29) is 12.4 Å². The van der Waals surface area contributed by atoms with E-state index >= 15 is 0 Å². The van der Waals surface area contributed by atoms with E-state index in [1.165, 1.54) is 75.7 Å². The molecule has 4 nitrogen and oxygen atoms in total. The van der Waals surface area contributed by atoms with E-state index in [4.69, 9.17) is 46.4 Å². The highest BCUT2D eigenvalue weighted by molar-refractivity contribution is 8.76. The lowest BCUT2D eigenvalue weighted by atomic mass is 10.1. The summed E-state index contributed by atoms with van der Waals surface area (Å²) in [5, 5.41) is 17.0. The van der Waals surface area contributed by atoms with Gasteiger partial charge >= 0.3 is 0 Å². The van der Waals surface area contributed by atoms with Crippen molar-refractivity contribution in [3.63, 3.8) is 0 Å². The van der Waals surface area contributed by atoms with Gasteiger partial charge in [-0.2, -0.15) is 0 Å². The Balaban J connectivity index is 0.00000924. The molecule has 0 heterocycles. The number of rotatable bonds is 27. The van der Waals surface area contributed by atoms with Crippen molar-refractivity contribution >= 4 is 80.4 Å². The molecule has 0 aliphatic carbocycles. The lowest BCUT2D eigenvalue weighted by Gasteiger charge is -2.09. The Labute approximate surface area is 295 Å². The summed E-state index contributed by atoms with van der Waals surface area (Å²) in [5.74, 6) is 2.35. The first-order valence-corrected chi connectivity index (χ1v) is 19.5. The van der Waals surface area contributed by atoms with Gasteiger partial charge in [0, 0.05) is 68.9 Å². The maximum absolute atomic E-state index is 6.21. The molecule has 11 heteroatoms. The third-order valence-electron chi connectivity index (χ3n) is 6.95. The Morgan fingerprint density at radius 1 is 0.419 bits per heavy atom. The van der Waals surface area contributed by atoms with Crippen LogP contribution in [-0.2, 0) is 13.1 Å². The normalized spacial score (nSPS) is 11.2. The second-order valence-electron chi connectivity index (χ2n) is 10.4. The van der Waals surface area contributed by atoms with E-state index in [1.807, 2.05) is 58.0 Å². The molecule has 2 aromatic rings. The molecule has 0 saturated heterocycles. The average Bonchev–Trinajstić information content (AvgIpc) is 2.97. The van der Waals surface area contributed by atoms with Gasteiger partial charge in [-0.15, -0.1) is 12.4 Å². The van der Waals surface area contributed by atoms with E-state index in [2.05, 4.69) is 21.3 Å². The third kappa shape index (κ3) is 21.0. The van der Waals surface area contributed by atoms with Gasteiger partial charge in [0.05, 0.1) is 0 Å². The Kier molecular flexibility index (Phi) is 27.6. The monoisotopic (exact) mass is 730 g/mol. The fourth-order valence-electron chi connectivity index (χ4n) is 4.49. The molecule has 0 saturated carbocycles. The minimum Gasteiger partial charge on any atom is -0.316 e. The van der Waals surface area contributed by atoms with Crippen LogP contribution in [0.2, 0.25) is 20.1 Å². The number of halogens is 5. The summed E-state index contributed by atoms with van der Waals surface area (Å²) in [7, 11) is 3.97. The van der Waals surface area contributed by atoms with Crippen molar-refractivity contribution in [3.8, 4) is 0 Å². The van der Waals surface area contributed by atoms with Crippen LogP contribution in [0.25, 0.3) is 0 Å². The Morgan fingerprint density at radius 3 is 1.07 bits per heavy atom. The molecule has 0 aliphatic heterocycles.